The molecule has 0 aliphatic carbocycles. The molecule has 15 heavy (non-hydrogen) atoms. The largest absolute Gasteiger partial charge is 0.102 e. The summed E-state index contributed by atoms with van der Waals surface area (Å²) in [5.74, 6) is 0.597. The fourth-order valence-corrected chi connectivity index (χ4v) is 3.81. The topological polar surface area (TPSA) is 0 Å². The molecule has 1 aromatic carbocycles. The lowest BCUT2D eigenvalue weighted by Gasteiger charge is -2.05. The number of benzene rings is 1. The molecule has 0 nitrogen and oxygen atoms in total. The lowest BCUT2D eigenvalue weighted by molar-refractivity contribution is 0.867. The normalized spacial score (nSPS) is 10.9. The monoisotopic (exact) mass is 252 g/mol. The van der Waals surface area contributed by atoms with Gasteiger partial charge in [-0.25, -0.2) is 0 Å². The fourth-order valence-electron chi connectivity index (χ4n) is 1.40. The van der Waals surface area contributed by atoms with Crippen LogP contribution >= 0.6 is 32.9 Å². The molecule has 0 fully saturated rings. The number of rotatable bonds is 2. The van der Waals surface area contributed by atoms with Gasteiger partial charge in [-0.05, 0) is 23.1 Å². The average molecular weight is 252 g/mol. The second-order valence-corrected chi connectivity index (χ2v) is 6.68. The van der Waals surface area contributed by atoms with Crippen LogP contribution in [-0.4, -0.2) is 0 Å². The van der Waals surface area contributed by atoms with E-state index >= 15 is 0 Å². The van der Waals surface area contributed by atoms with E-state index in [9.17, 15) is 0 Å². The molecule has 0 bridgehead atoms. The van der Waals surface area contributed by atoms with Crippen molar-refractivity contribution in [3.05, 3.63) is 39.7 Å². The first kappa shape index (κ1) is 11.0. The quantitative estimate of drug-likeness (QED) is 0.514. The maximum atomic E-state index is 5.13. The standard InChI is InChI=1S/C12H12S3/c1-8(2)9-3-5-10(6-4-9)11-7-12(13)15-14-11/h3-8H,1-2H3. The summed E-state index contributed by atoms with van der Waals surface area (Å²) < 4.78 is 0.975. The summed E-state index contributed by atoms with van der Waals surface area (Å²) in [5.41, 5.74) is 2.66. The molecule has 2 aromatic rings. The second kappa shape index (κ2) is 4.56. The minimum Gasteiger partial charge on any atom is -0.0786 e. The van der Waals surface area contributed by atoms with Gasteiger partial charge in [0.15, 0.2) is 0 Å². The molecule has 1 aromatic heterocycles. The Morgan fingerprint density at radius 3 is 2.20 bits per heavy atom. The first-order chi connectivity index (χ1) is 7.16. The van der Waals surface area contributed by atoms with Gasteiger partial charge < -0.3 is 0 Å². The van der Waals surface area contributed by atoms with Crippen molar-refractivity contribution < 1.29 is 0 Å². The zero-order valence-corrected chi connectivity index (χ0v) is 11.1. The van der Waals surface area contributed by atoms with Gasteiger partial charge in [0.1, 0.15) is 3.82 Å². The van der Waals surface area contributed by atoms with Crippen molar-refractivity contribution in [3.63, 3.8) is 0 Å². The molecule has 0 unspecified atom stereocenters. The number of hydrogen-bond donors (Lipinski definition) is 0. The minimum atomic E-state index is 0.597. The number of hydrogen-bond acceptors (Lipinski definition) is 3. The molecule has 0 aliphatic heterocycles. The van der Waals surface area contributed by atoms with Gasteiger partial charge >= 0.3 is 0 Å². The Kier molecular flexibility index (Phi) is 3.34. The average Bonchev–Trinajstić information content (AvgIpc) is 2.65. The molecule has 0 N–H and O–H groups in total. The molecular formula is C12H12S3. The molecule has 0 atom stereocenters. The van der Waals surface area contributed by atoms with Crippen molar-refractivity contribution in [2.24, 2.45) is 0 Å². The molecular weight excluding hydrogens is 240 g/mol. The second-order valence-electron chi connectivity index (χ2n) is 3.77. The first-order valence-electron chi connectivity index (χ1n) is 4.87. The Labute approximate surface area is 103 Å². The zero-order valence-electron chi connectivity index (χ0n) is 8.69. The van der Waals surface area contributed by atoms with Gasteiger partial charge in [0.25, 0.3) is 0 Å². The van der Waals surface area contributed by atoms with Crippen LogP contribution in [0.4, 0.5) is 0 Å². The lowest BCUT2D eigenvalue weighted by atomic mass is 10.0. The van der Waals surface area contributed by atoms with Gasteiger partial charge in [0.2, 0.25) is 0 Å². The van der Waals surface area contributed by atoms with Crippen LogP contribution in [0.5, 0.6) is 0 Å². The summed E-state index contributed by atoms with van der Waals surface area (Å²) in [5, 5.41) is 0. The van der Waals surface area contributed by atoms with Crippen LogP contribution in [0, 0.1) is 3.82 Å². The van der Waals surface area contributed by atoms with Crippen molar-refractivity contribution >= 4 is 32.9 Å². The summed E-state index contributed by atoms with van der Waals surface area (Å²) in [6.07, 6.45) is 0. The Morgan fingerprint density at radius 2 is 1.73 bits per heavy atom. The predicted molar refractivity (Wildman–Crippen MR) is 72.6 cm³/mol. The molecule has 1 heterocycles. The Balaban J connectivity index is 2.35. The maximum Gasteiger partial charge on any atom is 0.102 e. The van der Waals surface area contributed by atoms with Crippen LogP contribution < -0.4 is 0 Å². The highest BCUT2D eigenvalue weighted by Gasteiger charge is 2.02. The molecule has 3 heteroatoms. The highest BCUT2D eigenvalue weighted by molar-refractivity contribution is 7.80. The van der Waals surface area contributed by atoms with Crippen LogP contribution in [-0.2, 0) is 0 Å². The highest BCUT2D eigenvalue weighted by Crippen LogP contribution is 2.30. The van der Waals surface area contributed by atoms with Crippen molar-refractivity contribution in [1.82, 2.24) is 0 Å². The fraction of sp³-hybridized carbons (Fsp3) is 0.250. The van der Waals surface area contributed by atoms with Gasteiger partial charge in [-0.1, -0.05) is 71.0 Å². The highest BCUT2D eigenvalue weighted by atomic mass is 32.9. The summed E-state index contributed by atoms with van der Waals surface area (Å²) in [4.78, 5) is 1.28. The van der Waals surface area contributed by atoms with E-state index in [1.54, 1.807) is 20.7 Å². The van der Waals surface area contributed by atoms with E-state index in [2.05, 4.69) is 44.2 Å². The molecule has 0 radical (unpaired) electrons. The van der Waals surface area contributed by atoms with Crippen molar-refractivity contribution in [2.45, 2.75) is 19.8 Å². The first-order valence-corrected chi connectivity index (χ1v) is 7.43. The molecule has 78 valence electrons. The van der Waals surface area contributed by atoms with Crippen LogP contribution in [0.3, 0.4) is 0 Å². The molecule has 0 spiro atoms. The van der Waals surface area contributed by atoms with E-state index in [-0.39, 0.29) is 0 Å². The Morgan fingerprint density at radius 1 is 1.07 bits per heavy atom. The van der Waals surface area contributed by atoms with Crippen LogP contribution in [0.2, 0.25) is 0 Å². The molecule has 0 saturated carbocycles. The van der Waals surface area contributed by atoms with Gasteiger partial charge in [-0.15, -0.1) is 0 Å². The third-order valence-electron chi connectivity index (χ3n) is 2.32. The van der Waals surface area contributed by atoms with E-state index in [0.29, 0.717) is 5.92 Å². The SMILES string of the molecule is CC(C)c1ccc(-c2cc(=S)ss2)cc1. The van der Waals surface area contributed by atoms with Crippen LogP contribution in [0.15, 0.2) is 30.3 Å². The Bertz CT molecular complexity index is 488. The summed E-state index contributed by atoms with van der Waals surface area (Å²) >= 11 is 5.13. The smallest absolute Gasteiger partial charge is 0.0786 e. The van der Waals surface area contributed by atoms with E-state index in [0.717, 1.165) is 3.82 Å². The van der Waals surface area contributed by atoms with Crippen molar-refractivity contribution in [3.8, 4) is 10.4 Å². The summed E-state index contributed by atoms with van der Waals surface area (Å²) in [6.45, 7) is 4.42. The Hall–Kier alpha value is -0.510. The van der Waals surface area contributed by atoms with Crippen molar-refractivity contribution in [2.75, 3.05) is 0 Å². The summed E-state index contributed by atoms with van der Waals surface area (Å²) in [7, 11) is 3.42. The van der Waals surface area contributed by atoms with Gasteiger partial charge in [0.05, 0.1) is 0 Å². The van der Waals surface area contributed by atoms with E-state index in [1.807, 2.05) is 0 Å². The van der Waals surface area contributed by atoms with Gasteiger partial charge in [-0.3, -0.25) is 0 Å². The summed E-state index contributed by atoms with van der Waals surface area (Å²) in [6, 6.07) is 10.8. The van der Waals surface area contributed by atoms with Crippen LogP contribution in [0.1, 0.15) is 25.3 Å². The molecule has 2 rings (SSSR count). The lowest BCUT2D eigenvalue weighted by Crippen LogP contribution is -1.85. The molecule has 0 aliphatic rings. The predicted octanol–water partition coefficient (Wildman–Crippen LogP) is 5.33. The zero-order chi connectivity index (χ0) is 10.8. The van der Waals surface area contributed by atoms with Crippen LogP contribution in [0.25, 0.3) is 10.4 Å². The van der Waals surface area contributed by atoms with Gasteiger partial charge in [0, 0.05) is 4.88 Å². The third kappa shape index (κ3) is 2.54. The molecule has 0 amide bonds. The van der Waals surface area contributed by atoms with E-state index in [4.69, 9.17) is 12.2 Å². The van der Waals surface area contributed by atoms with E-state index < -0.39 is 0 Å². The molecule has 0 saturated heterocycles. The van der Waals surface area contributed by atoms with E-state index in [1.165, 1.54) is 16.0 Å². The minimum absolute atomic E-state index is 0.597. The third-order valence-corrected chi connectivity index (χ3v) is 5.23. The maximum absolute atomic E-state index is 5.13. The van der Waals surface area contributed by atoms with Gasteiger partial charge in [-0.2, -0.15) is 0 Å². The van der Waals surface area contributed by atoms with Crippen molar-refractivity contribution in [1.29, 1.82) is 0 Å².